The fraction of sp³-hybridized carbons (Fsp3) is 1.00. The molecule has 0 radical (unpaired) electrons. The SMILES string of the molecule is CC(C)(C)COP(O)(O)=S. The lowest BCUT2D eigenvalue weighted by atomic mass is 9.99. The van der Waals surface area contributed by atoms with Crippen molar-refractivity contribution < 1.29 is 14.3 Å². The predicted molar refractivity (Wildman–Crippen MR) is 44.1 cm³/mol. The zero-order chi connectivity index (χ0) is 8.41. The fourth-order valence-corrected chi connectivity index (χ4v) is 0.991. The third-order valence-electron chi connectivity index (χ3n) is 0.666. The van der Waals surface area contributed by atoms with Crippen LogP contribution in [0.3, 0.4) is 0 Å². The maximum absolute atomic E-state index is 8.64. The minimum absolute atomic E-state index is 0.0739. The van der Waals surface area contributed by atoms with Crippen LogP contribution in [-0.2, 0) is 16.3 Å². The van der Waals surface area contributed by atoms with Crippen LogP contribution < -0.4 is 0 Å². The Bertz CT molecular complexity index is 145. The van der Waals surface area contributed by atoms with Crippen LogP contribution in [0.5, 0.6) is 0 Å². The standard InChI is InChI=1S/C5H13O3PS/c1-5(2,3)4-8-9(6,7)10/h4H2,1-3H3,(H2,6,7,10). The largest absolute Gasteiger partial charge is 0.325 e. The highest BCUT2D eigenvalue weighted by atomic mass is 32.5. The Kier molecular flexibility index (Phi) is 3.46. The summed E-state index contributed by atoms with van der Waals surface area (Å²) in [6.07, 6.45) is 0. The van der Waals surface area contributed by atoms with Gasteiger partial charge in [-0.1, -0.05) is 20.8 Å². The van der Waals surface area contributed by atoms with Gasteiger partial charge < -0.3 is 14.3 Å². The normalized spacial score (nSPS) is 13.7. The van der Waals surface area contributed by atoms with E-state index < -0.39 is 6.72 Å². The molecule has 0 aromatic heterocycles. The molecule has 0 fully saturated rings. The summed E-state index contributed by atoms with van der Waals surface area (Å²) in [5.41, 5.74) is -0.0739. The second-order valence-corrected chi connectivity index (χ2v) is 5.99. The summed E-state index contributed by atoms with van der Waals surface area (Å²) in [6, 6.07) is 0. The molecule has 2 N–H and O–H groups in total. The first-order valence-corrected chi connectivity index (χ1v) is 5.53. The van der Waals surface area contributed by atoms with E-state index in [1.807, 2.05) is 20.8 Å². The van der Waals surface area contributed by atoms with Crippen LogP contribution in [0.1, 0.15) is 20.8 Å². The van der Waals surface area contributed by atoms with Crippen molar-refractivity contribution in [1.82, 2.24) is 0 Å². The third-order valence-corrected chi connectivity index (χ3v) is 1.45. The molecule has 5 heteroatoms. The van der Waals surface area contributed by atoms with Gasteiger partial charge in [-0.3, -0.25) is 0 Å². The second-order valence-electron chi connectivity index (χ2n) is 3.32. The summed E-state index contributed by atoms with van der Waals surface area (Å²) in [6.45, 7) is 2.63. The van der Waals surface area contributed by atoms with Crippen molar-refractivity contribution in [2.24, 2.45) is 5.41 Å². The summed E-state index contributed by atoms with van der Waals surface area (Å²) in [7, 11) is 0. The van der Waals surface area contributed by atoms with Gasteiger partial charge in [0.2, 0.25) is 0 Å². The highest BCUT2D eigenvalue weighted by Crippen LogP contribution is 2.38. The van der Waals surface area contributed by atoms with E-state index in [0.29, 0.717) is 0 Å². The highest BCUT2D eigenvalue weighted by molar-refractivity contribution is 8.06. The van der Waals surface area contributed by atoms with Crippen molar-refractivity contribution in [2.75, 3.05) is 6.61 Å². The van der Waals surface area contributed by atoms with Gasteiger partial charge in [0, 0.05) is 0 Å². The van der Waals surface area contributed by atoms with Gasteiger partial charge in [0.15, 0.2) is 0 Å². The molecule has 0 unspecified atom stereocenters. The Morgan fingerprint density at radius 3 is 1.90 bits per heavy atom. The second kappa shape index (κ2) is 3.28. The molecule has 0 atom stereocenters. The molecule has 3 nitrogen and oxygen atoms in total. The molecule has 0 saturated heterocycles. The van der Waals surface area contributed by atoms with Crippen molar-refractivity contribution in [3.8, 4) is 0 Å². The van der Waals surface area contributed by atoms with E-state index in [2.05, 4.69) is 16.3 Å². The minimum atomic E-state index is -3.43. The zero-order valence-corrected chi connectivity index (χ0v) is 8.08. The van der Waals surface area contributed by atoms with Crippen LogP contribution in [0.15, 0.2) is 0 Å². The quantitative estimate of drug-likeness (QED) is 0.634. The van der Waals surface area contributed by atoms with Gasteiger partial charge in [0.05, 0.1) is 6.61 Å². The van der Waals surface area contributed by atoms with Crippen LogP contribution >= 0.6 is 6.72 Å². The van der Waals surface area contributed by atoms with Crippen molar-refractivity contribution in [2.45, 2.75) is 20.8 Å². The van der Waals surface area contributed by atoms with E-state index in [4.69, 9.17) is 9.79 Å². The lowest BCUT2D eigenvalue weighted by Crippen LogP contribution is -2.13. The molecule has 0 bridgehead atoms. The molecular formula is C5H13O3PS. The summed E-state index contributed by atoms with van der Waals surface area (Å²) in [5.74, 6) is 0. The van der Waals surface area contributed by atoms with Gasteiger partial charge in [-0.05, 0) is 17.2 Å². The van der Waals surface area contributed by atoms with Gasteiger partial charge >= 0.3 is 6.72 Å². The molecule has 0 aliphatic heterocycles. The Morgan fingerprint density at radius 1 is 1.40 bits per heavy atom. The average molecular weight is 184 g/mol. The molecule has 10 heavy (non-hydrogen) atoms. The summed E-state index contributed by atoms with van der Waals surface area (Å²) in [5, 5.41) is 0. The van der Waals surface area contributed by atoms with Crippen molar-refractivity contribution >= 4 is 18.5 Å². The molecule has 0 rings (SSSR count). The fourth-order valence-electron chi connectivity index (χ4n) is 0.278. The molecule has 0 spiro atoms. The molecular weight excluding hydrogens is 171 g/mol. The minimum Gasteiger partial charge on any atom is -0.325 e. The first kappa shape index (κ1) is 10.5. The number of rotatable bonds is 2. The van der Waals surface area contributed by atoms with Gasteiger partial charge in [-0.25, -0.2) is 0 Å². The van der Waals surface area contributed by atoms with Crippen molar-refractivity contribution in [3.05, 3.63) is 0 Å². The Morgan fingerprint density at radius 2 is 1.80 bits per heavy atom. The van der Waals surface area contributed by atoms with Crippen molar-refractivity contribution in [1.29, 1.82) is 0 Å². The maximum atomic E-state index is 8.64. The zero-order valence-electron chi connectivity index (χ0n) is 6.37. The lowest BCUT2D eigenvalue weighted by Gasteiger charge is -2.19. The van der Waals surface area contributed by atoms with Gasteiger partial charge in [-0.15, -0.1) is 0 Å². The number of hydrogen-bond acceptors (Lipinski definition) is 2. The van der Waals surface area contributed by atoms with Crippen LogP contribution in [0, 0.1) is 5.41 Å². The Hall–Kier alpha value is 0.530. The topological polar surface area (TPSA) is 49.7 Å². The maximum Gasteiger partial charge on any atom is 0.321 e. The Labute approximate surface area is 66.3 Å². The molecule has 0 aliphatic rings. The third kappa shape index (κ3) is 8.53. The van der Waals surface area contributed by atoms with E-state index in [9.17, 15) is 0 Å². The number of hydrogen-bond donors (Lipinski definition) is 2. The van der Waals surface area contributed by atoms with E-state index in [-0.39, 0.29) is 12.0 Å². The molecule has 0 heterocycles. The smallest absolute Gasteiger partial charge is 0.321 e. The molecule has 0 amide bonds. The van der Waals surface area contributed by atoms with Gasteiger partial charge in [0.1, 0.15) is 0 Å². The highest BCUT2D eigenvalue weighted by Gasteiger charge is 2.15. The molecule has 0 aromatic carbocycles. The monoisotopic (exact) mass is 184 g/mol. The van der Waals surface area contributed by atoms with E-state index in [1.165, 1.54) is 0 Å². The van der Waals surface area contributed by atoms with Crippen LogP contribution in [0.25, 0.3) is 0 Å². The first-order chi connectivity index (χ1) is 4.21. The summed E-state index contributed by atoms with van der Waals surface area (Å²) >= 11 is 4.25. The van der Waals surface area contributed by atoms with Gasteiger partial charge in [0.25, 0.3) is 0 Å². The van der Waals surface area contributed by atoms with Crippen LogP contribution in [-0.4, -0.2) is 16.4 Å². The van der Waals surface area contributed by atoms with E-state index in [1.54, 1.807) is 0 Å². The van der Waals surface area contributed by atoms with Crippen LogP contribution in [0.2, 0.25) is 0 Å². The average Bonchev–Trinajstić information content (AvgIpc) is 1.57. The van der Waals surface area contributed by atoms with E-state index >= 15 is 0 Å². The van der Waals surface area contributed by atoms with E-state index in [0.717, 1.165) is 0 Å². The molecule has 0 aliphatic carbocycles. The molecule has 0 saturated carbocycles. The van der Waals surface area contributed by atoms with Crippen molar-refractivity contribution in [3.63, 3.8) is 0 Å². The Balaban J connectivity index is 3.67. The molecule has 0 aromatic rings. The summed E-state index contributed by atoms with van der Waals surface area (Å²) < 4.78 is 4.63. The van der Waals surface area contributed by atoms with Gasteiger partial charge in [-0.2, -0.15) is 0 Å². The van der Waals surface area contributed by atoms with Crippen LogP contribution in [0.4, 0.5) is 0 Å². The lowest BCUT2D eigenvalue weighted by molar-refractivity contribution is 0.170. The predicted octanol–water partition coefficient (Wildman–Crippen LogP) is 1.26. The summed E-state index contributed by atoms with van der Waals surface area (Å²) in [4.78, 5) is 17.3. The molecule has 62 valence electrons. The first-order valence-electron chi connectivity index (χ1n) is 2.91.